The van der Waals surface area contributed by atoms with Gasteiger partial charge in [0, 0.05) is 18.1 Å². The molecule has 1 saturated heterocycles. The first-order valence-corrected chi connectivity index (χ1v) is 7.45. The number of carbonyl (C=O) groups is 3. The Bertz CT molecular complexity index is 638. The molecular formula is C15H16ClFN2O4. The van der Waals surface area contributed by atoms with Gasteiger partial charge in [-0.1, -0.05) is 11.6 Å². The number of nitrogens with two attached hydrogens (primary N) is 1. The number of primary amides is 1. The van der Waals surface area contributed by atoms with Crippen LogP contribution in [0.15, 0.2) is 18.2 Å². The third-order valence-corrected chi connectivity index (χ3v) is 3.89. The van der Waals surface area contributed by atoms with Crippen LogP contribution in [0.3, 0.4) is 0 Å². The van der Waals surface area contributed by atoms with E-state index in [9.17, 15) is 18.8 Å². The van der Waals surface area contributed by atoms with Gasteiger partial charge in [0.15, 0.2) is 6.61 Å². The van der Waals surface area contributed by atoms with E-state index in [1.807, 2.05) is 0 Å². The molecule has 0 bridgehead atoms. The van der Waals surface area contributed by atoms with Crippen molar-refractivity contribution in [3.05, 3.63) is 34.6 Å². The summed E-state index contributed by atoms with van der Waals surface area (Å²) in [6.45, 7) is 0.138. The molecule has 1 aromatic carbocycles. The van der Waals surface area contributed by atoms with E-state index in [1.165, 1.54) is 11.0 Å². The molecular weight excluding hydrogens is 327 g/mol. The molecule has 1 heterocycles. The zero-order valence-corrected chi connectivity index (χ0v) is 13.0. The fourth-order valence-corrected chi connectivity index (χ4v) is 2.56. The Hall–Kier alpha value is -2.15. The van der Waals surface area contributed by atoms with Crippen LogP contribution in [0.25, 0.3) is 0 Å². The molecule has 1 aromatic rings. The van der Waals surface area contributed by atoms with Crippen molar-refractivity contribution in [3.8, 4) is 0 Å². The average Bonchev–Trinajstić information content (AvgIpc) is 2.54. The number of nitrogens with zero attached hydrogens (tertiary/aromatic N) is 1. The standard InChI is InChI=1S/C15H16ClFN2O4/c16-10-3-4-12(17)11(6-10)15(22)23-8-13(20)19-5-1-2-9(7-19)14(18)21/h3-4,6,9H,1-2,5,7-8H2,(H2,18,21)/t9-/m1/s1. The molecule has 0 unspecified atom stereocenters. The van der Waals surface area contributed by atoms with E-state index in [1.54, 1.807) is 0 Å². The molecule has 0 spiro atoms. The van der Waals surface area contributed by atoms with Gasteiger partial charge in [-0.25, -0.2) is 9.18 Å². The second-order valence-corrected chi connectivity index (χ2v) is 5.72. The van der Waals surface area contributed by atoms with E-state index in [4.69, 9.17) is 22.1 Å². The van der Waals surface area contributed by atoms with Gasteiger partial charge >= 0.3 is 5.97 Å². The van der Waals surface area contributed by atoms with Gasteiger partial charge in [-0.15, -0.1) is 0 Å². The predicted octanol–water partition coefficient (Wildman–Crippen LogP) is 1.36. The first-order valence-electron chi connectivity index (χ1n) is 7.07. The van der Waals surface area contributed by atoms with Crippen molar-refractivity contribution in [2.75, 3.05) is 19.7 Å². The number of benzene rings is 1. The number of hydrogen-bond donors (Lipinski definition) is 1. The molecule has 0 aromatic heterocycles. The Morgan fingerprint density at radius 1 is 1.39 bits per heavy atom. The monoisotopic (exact) mass is 342 g/mol. The number of halogens is 2. The Balaban J connectivity index is 1.92. The summed E-state index contributed by atoms with van der Waals surface area (Å²) < 4.78 is 18.4. The second-order valence-electron chi connectivity index (χ2n) is 5.28. The summed E-state index contributed by atoms with van der Waals surface area (Å²) in [6, 6.07) is 3.48. The molecule has 1 atom stereocenters. The maximum absolute atomic E-state index is 13.5. The Labute approximate surface area is 137 Å². The first kappa shape index (κ1) is 17.2. The lowest BCUT2D eigenvalue weighted by molar-refractivity contribution is -0.137. The molecule has 1 aliphatic rings. The molecule has 0 saturated carbocycles. The number of hydrogen-bond acceptors (Lipinski definition) is 4. The lowest BCUT2D eigenvalue weighted by atomic mass is 9.97. The van der Waals surface area contributed by atoms with E-state index in [0.717, 1.165) is 12.1 Å². The molecule has 2 N–H and O–H groups in total. The number of carbonyl (C=O) groups excluding carboxylic acids is 3. The smallest absolute Gasteiger partial charge is 0.341 e. The minimum Gasteiger partial charge on any atom is -0.452 e. The van der Waals surface area contributed by atoms with Crippen LogP contribution in [-0.2, 0) is 14.3 Å². The van der Waals surface area contributed by atoms with Crippen molar-refractivity contribution in [1.29, 1.82) is 0 Å². The van der Waals surface area contributed by atoms with Gasteiger partial charge in [-0.05, 0) is 31.0 Å². The Kier molecular flexibility index (Phi) is 5.54. The number of likely N-dealkylation sites (tertiary alicyclic amines) is 1. The maximum atomic E-state index is 13.5. The van der Waals surface area contributed by atoms with E-state index in [-0.39, 0.29) is 17.1 Å². The summed E-state index contributed by atoms with van der Waals surface area (Å²) in [5, 5.41) is 0.185. The molecule has 2 rings (SSSR count). The predicted molar refractivity (Wildman–Crippen MR) is 80.2 cm³/mol. The average molecular weight is 343 g/mol. The van der Waals surface area contributed by atoms with E-state index < -0.39 is 36.1 Å². The Morgan fingerprint density at radius 3 is 2.83 bits per heavy atom. The lowest BCUT2D eigenvalue weighted by Crippen LogP contribution is -2.45. The highest BCUT2D eigenvalue weighted by Crippen LogP contribution is 2.17. The summed E-state index contributed by atoms with van der Waals surface area (Å²) in [5.41, 5.74) is 4.91. The second kappa shape index (κ2) is 7.41. The Morgan fingerprint density at radius 2 is 2.13 bits per heavy atom. The number of ether oxygens (including phenoxy) is 1. The topological polar surface area (TPSA) is 89.7 Å². The number of amides is 2. The van der Waals surface area contributed by atoms with Crippen molar-refractivity contribution < 1.29 is 23.5 Å². The fourth-order valence-electron chi connectivity index (χ4n) is 2.39. The summed E-state index contributed by atoms with van der Waals surface area (Å²) in [4.78, 5) is 36.4. The minimum atomic E-state index is -0.971. The van der Waals surface area contributed by atoms with Gasteiger partial charge < -0.3 is 15.4 Å². The van der Waals surface area contributed by atoms with Gasteiger partial charge in [0.2, 0.25) is 5.91 Å². The van der Waals surface area contributed by atoms with Crippen LogP contribution in [0.1, 0.15) is 23.2 Å². The molecule has 0 radical (unpaired) electrons. The van der Waals surface area contributed by atoms with Gasteiger partial charge in [0.1, 0.15) is 5.82 Å². The molecule has 6 nitrogen and oxygen atoms in total. The largest absolute Gasteiger partial charge is 0.452 e. The van der Waals surface area contributed by atoms with E-state index >= 15 is 0 Å². The van der Waals surface area contributed by atoms with Gasteiger partial charge in [-0.2, -0.15) is 0 Å². The fraction of sp³-hybridized carbons (Fsp3) is 0.400. The van der Waals surface area contributed by atoms with Crippen molar-refractivity contribution in [1.82, 2.24) is 4.90 Å². The van der Waals surface area contributed by atoms with E-state index in [2.05, 4.69) is 0 Å². The zero-order valence-electron chi connectivity index (χ0n) is 12.3. The normalized spacial score (nSPS) is 17.7. The lowest BCUT2D eigenvalue weighted by Gasteiger charge is -2.31. The number of rotatable bonds is 4. The highest BCUT2D eigenvalue weighted by Gasteiger charge is 2.27. The molecule has 1 fully saturated rings. The summed E-state index contributed by atoms with van der Waals surface area (Å²) >= 11 is 5.70. The van der Waals surface area contributed by atoms with Crippen molar-refractivity contribution in [3.63, 3.8) is 0 Å². The molecule has 1 aliphatic heterocycles. The number of esters is 1. The summed E-state index contributed by atoms with van der Waals surface area (Å²) in [6.07, 6.45) is 1.28. The van der Waals surface area contributed by atoms with Gasteiger partial charge in [0.05, 0.1) is 11.5 Å². The van der Waals surface area contributed by atoms with Crippen molar-refractivity contribution in [2.45, 2.75) is 12.8 Å². The SMILES string of the molecule is NC(=O)[C@@H]1CCCN(C(=O)COC(=O)c2cc(Cl)ccc2F)C1. The van der Waals surface area contributed by atoms with Crippen LogP contribution in [0.5, 0.6) is 0 Å². The first-order chi connectivity index (χ1) is 10.9. The van der Waals surface area contributed by atoms with Gasteiger partial charge in [0.25, 0.3) is 5.91 Å². The third-order valence-electron chi connectivity index (χ3n) is 3.65. The molecule has 0 aliphatic carbocycles. The third kappa shape index (κ3) is 4.41. The van der Waals surface area contributed by atoms with Gasteiger partial charge in [-0.3, -0.25) is 9.59 Å². The summed E-state index contributed by atoms with van der Waals surface area (Å²) in [7, 11) is 0. The molecule has 2 amide bonds. The van der Waals surface area contributed by atoms with Crippen LogP contribution >= 0.6 is 11.6 Å². The minimum absolute atomic E-state index is 0.185. The maximum Gasteiger partial charge on any atom is 0.341 e. The van der Waals surface area contributed by atoms with Crippen molar-refractivity contribution in [2.24, 2.45) is 11.7 Å². The quantitative estimate of drug-likeness (QED) is 0.837. The van der Waals surface area contributed by atoms with Crippen LogP contribution in [0.4, 0.5) is 4.39 Å². The van der Waals surface area contributed by atoms with Crippen LogP contribution in [0, 0.1) is 11.7 Å². The number of piperidine rings is 1. The van der Waals surface area contributed by atoms with Crippen molar-refractivity contribution >= 4 is 29.4 Å². The van der Waals surface area contributed by atoms with E-state index in [0.29, 0.717) is 19.4 Å². The highest BCUT2D eigenvalue weighted by molar-refractivity contribution is 6.30. The van der Waals surface area contributed by atoms with Crippen LogP contribution in [0.2, 0.25) is 5.02 Å². The molecule has 23 heavy (non-hydrogen) atoms. The van der Waals surface area contributed by atoms with Crippen LogP contribution in [-0.4, -0.2) is 42.4 Å². The molecule has 124 valence electrons. The zero-order chi connectivity index (χ0) is 17.0. The molecule has 8 heteroatoms. The highest BCUT2D eigenvalue weighted by atomic mass is 35.5. The summed E-state index contributed by atoms with van der Waals surface area (Å²) in [5.74, 6) is -3.05. The van der Waals surface area contributed by atoms with Crippen LogP contribution < -0.4 is 5.73 Å².